The van der Waals surface area contributed by atoms with E-state index in [1.54, 1.807) is 36.5 Å². The number of benzene rings is 2. The molecule has 0 saturated carbocycles. The van der Waals surface area contributed by atoms with Crippen LogP contribution in [0.3, 0.4) is 0 Å². The van der Waals surface area contributed by atoms with Gasteiger partial charge in [-0.15, -0.1) is 0 Å². The van der Waals surface area contributed by atoms with Crippen LogP contribution in [0.1, 0.15) is 21.5 Å². The molecule has 138 valence electrons. The molecule has 0 spiro atoms. The Kier molecular flexibility index (Phi) is 4.76. The number of rotatable bonds is 5. The van der Waals surface area contributed by atoms with E-state index in [-0.39, 0.29) is 12.7 Å². The topological polar surface area (TPSA) is 96.3 Å². The average Bonchev–Trinajstić information content (AvgIpc) is 3.20. The number of anilines is 2. The van der Waals surface area contributed by atoms with Gasteiger partial charge in [-0.25, -0.2) is 0 Å². The molecule has 2 aromatic carbocycles. The summed E-state index contributed by atoms with van der Waals surface area (Å²) in [6, 6.07) is 16.3. The number of carbonyl (C=O) groups is 1. The first-order chi connectivity index (χ1) is 13.7. The second kappa shape index (κ2) is 7.68. The lowest BCUT2D eigenvalue weighted by atomic mass is 10.2. The van der Waals surface area contributed by atoms with Gasteiger partial charge in [0.05, 0.1) is 22.9 Å². The number of aromatic nitrogens is 1. The molecule has 0 fully saturated rings. The molecule has 0 atom stereocenters. The van der Waals surface area contributed by atoms with Gasteiger partial charge in [0, 0.05) is 24.6 Å². The van der Waals surface area contributed by atoms with E-state index in [4.69, 9.17) is 14.7 Å². The van der Waals surface area contributed by atoms with Crippen LogP contribution < -0.4 is 20.1 Å². The van der Waals surface area contributed by atoms with Crippen molar-refractivity contribution in [1.82, 2.24) is 4.98 Å². The summed E-state index contributed by atoms with van der Waals surface area (Å²) >= 11 is 0. The Morgan fingerprint density at radius 2 is 1.96 bits per heavy atom. The van der Waals surface area contributed by atoms with E-state index in [0.29, 0.717) is 23.4 Å². The molecule has 1 aliphatic heterocycles. The minimum atomic E-state index is -0.297. The fourth-order valence-electron chi connectivity index (χ4n) is 2.79. The Hall–Kier alpha value is -4.05. The zero-order valence-corrected chi connectivity index (χ0v) is 14.8. The standard InChI is InChI=1S/C21H16N4O3/c22-9-14-2-1-3-17(6-14)25-21(26)16-8-18(12-23-11-16)24-10-15-4-5-19-20(7-15)28-13-27-19/h1-8,11-12,24H,10,13H2,(H,25,26). The summed E-state index contributed by atoms with van der Waals surface area (Å²) in [5.74, 6) is 1.17. The van der Waals surface area contributed by atoms with Crippen LogP contribution in [-0.4, -0.2) is 17.7 Å². The van der Waals surface area contributed by atoms with Crippen LogP contribution >= 0.6 is 0 Å². The van der Waals surface area contributed by atoms with E-state index < -0.39 is 0 Å². The van der Waals surface area contributed by atoms with Crippen LogP contribution in [0.4, 0.5) is 11.4 Å². The molecule has 2 N–H and O–H groups in total. The fourth-order valence-corrected chi connectivity index (χ4v) is 2.79. The SMILES string of the molecule is N#Cc1cccc(NC(=O)c2cncc(NCc3ccc4c(c3)OCO4)c2)c1. The summed E-state index contributed by atoms with van der Waals surface area (Å²) in [5.41, 5.74) is 3.19. The Bertz CT molecular complexity index is 1080. The van der Waals surface area contributed by atoms with E-state index in [9.17, 15) is 4.79 Å². The number of nitrogens with zero attached hydrogens (tertiary/aromatic N) is 2. The highest BCUT2D eigenvalue weighted by atomic mass is 16.7. The molecule has 0 radical (unpaired) electrons. The molecule has 1 aromatic heterocycles. The van der Waals surface area contributed by atoms with E-state index in [1.807, 2.05) is 24.3 Å². The van der Waals surface area contributed by atoms with Crippen molar-refractivity contribution < 1.29 is 14.3 Å². The van der Waals surface area contributed by atoms with Gasteiger partial charge in [0.1, 0.15) is 0 Å². The number of nitrogens with one attached hydrogen (secondary N) is 2. The van der Waals surface area contributed by atoms with Crippen molar-refractivity contribution in [1.29, 1.82) is 5.26 Å². The van der Waals surface area contributed by atoms with Gasteiger partial charge in [-0.3, -0.25) is 9.78 Å². The van der Waals surface area contributed by atoms with Crippen molar-refractivity contribution in [2.24, 2.45) is 0 Å². The largest absolute Gasteiger partial charge is 0.454 e. The molecule has 4 rings (SSSR count). The lowest BCUT2D eigenvalue weighted by Gasteiger charge is -2.09. The van der Waals surface area contributed by atoms with E-state index in [2.05, 4.69) is 15.6 Å². The molecular weight excluding hydrogens is 356 g/mol. The van der Waals surface area contributed by atoms with E-state index >= 15 is 0 Å². The van der Waals surface area contributed by atoms with E-state index in [1.165, 1.54) is 6.20 Å². The molecule has 0 bridgehead atoms. The highest BCUT2D eigenvalue weighted by Crippen LogP contribution is 2.32. The molecule has 0 aliphatic carbocycles. The lowest BCUT2D eigenvalue weighted by molar-refractivity contribution is 0.102. The van der Waals surface area contributed by atoms with Gasteiger partial charge in [-0.05, 0) is 42.0 Å². The first kappa shape index (κ1) is 17.4. The molecule has 2 heterocycles. The smallest absolute Gasteiger partial charge is 0.257 e. The van der Waals surface area contributed by atoms with Crippen LogP contribution in [0.2, 0.25) is 0 Å². The van der Waals surface area contributed by atoms with Crippen molar-refractivity contribution in [2.45, 2.75) is 6.54 Å². The summed E-state index contributed by atoms with van der Waals surface area (Å²) < 4.78 is 10.7. The van der Waals surface area contributed by atoms with Crippen molar-refractivity contribution in [2.75, 3.05) is 17.4 Å². The minimum absolute atomic E-state index is 0.241. The third-order valence-electron chi connectivity index (χ3n) is 4.18. The number of hydrogen-bond acceptors (Lipinski definition) is 6. The van der Waals surface area contributed by atoms with Gasteiger partial charge >= 0.3 is 0 Å². The van der Waals surface area contributed by atoms with Crippen molar-refractivity contribution in [3.8, 4) is 17.6 Å². The predicted octanol–water partition coefficient (Wildman–Crippen LogP) is 3.55. The van der Waals surface area contributed by atoms with Crippen LogP contribution in [0, 0.1) is 11.3 Å². The second-order valence-corrected chi connectivity index (χ2v) is 6.15. The third kappa shape index (κ3) is 3.86. The van der Waals surface area contributed by atoms with Gasteiger partial charge in [-0.1, -0.05) is 12.1 Å². The maximum Gasteiger partial charge on any atom is 0.257 e. The van der Waals surface area contributed by atoms with Gasteiger partial charge in [0.25, 0.3) is 5.91 Å². The number of amides is 1. The Labute approximate surface area is 161 Å². The lowest BCUT2D eigenvalue weighted by Crippen LogP contribution is -2.13. The second-order valence-electron chi connectivity index (χ2n) is 6.15. The monoisotopic (exact) mass is 372 g/mol. The number of nitriles is 1. The van der Waals surface area contributed by atoms with Crippen LogP contribution in [0.5, 0.6) is 11.5 Å². The normalized spacial score (nSPS) is 11.5. The highest BCUT2D eigenvalue weighted by molar-refractivity contribution is 6.04. The molecule has 3 aromatic rings. The number of ether oxygens (including phenoxy) is 2. The predicted molar refractivity (Wildman–Crippen MR) is 103 cm³/mol. The zero-order chi connectivity index (χ0) is 19.3. The molecule has 1 aliphatic rings. The van der Waals surface area contributed by atoms with E-state index in [0.717, 1.165) is 22.7 Å². The highest BCUT2D eigenvalue weighted by Gasteiger charge is 2.13. The third-order valence-corrected chi connectivity index (χ3v) is 4.18. The molecule has 1 amide bonds. The first-order valence-corrected chi connectivity index (χ1v) is 8.60. The Balaban J connectivity index is 1.42. The number of carbonyl (C=O) groups excluding carboxylic acids is 1. The van der Waals surface area contributed by atoms with Gasteiger partial charge < -0.3 is 20.1 Å². The van der Waals surface area contributed by atoms with Crippen LogP contribution in [-0.2, 0) is 6.54 Å². The first-order valence-electron chi connectivity index (χ1n) is 8.60. The summed E-state index contributed by atoms with van der Waals surface area (Å²) in [7, 11) is 0. The summed E-state index contributed by atoms with van der Waals surface area (Å²) in [6.45, 7) is 0.790. The molecule has 7 heteroatoms. The van der Waals surface area contributed by atoms with Crippen LogP contribution in [0.25, 0.3) is 0 Å². The summed E-state index contributed by atoms with van der Waals surface area (Å²) in [5, 5.41) is 15.0. The molecular formula is C21H16N4O3. The van der Waals surface area contributed by atoms with Gasteiger partial charge in [0.15, 0.2) is 11.5 Å². The summed E-state index contributed by atoms with van der Waals surface area (Å²) in [4.78, 5) is 16.6. The van der Waals surface area contributed by atoms with Crippen LogP contribution in [0.15, 0.2) is 60.9 Å². The number of fused-ring (bicyclic) bond motifs is 1. The van der Waals surface area contributed by atoms with Gasteiger partial charge in [-0.2, -0.15) is 5.26 Å². The maximum absolute atomic E-state index is 12.5. The quantitative estimate of drug-likeness (QED) is 0.711. The minimum Gasteiger partial charge on any atom is -0.454 e. The molecule has 28 heavy (non-hydrogen) atoms. The fraction of sp³-hybridized carbons (Fsp3) is 0.0952. The maximum atomic E-state index is 12.5. The molecule has 0 saturated heterocycles. The van der Waals surface area contributed by atoms with Crippen molar-refractivity contribution in [3.05, 3.63) is 77.6 Å². The van der Waals surface area contributed by atoms with Gasteiger partial charge in [0.2, 0.25) is 6.79 Å². The summed E-state index contributed by atoms with van der Waals surface area (Å²) in [6.07, 6.45) is 3.15. The average molecular weight is 372 g/mol. The number of hydrogen-bond donors (Lipinski definition) is 2. The Morgan fingerprint density at radius 1 is 1.07 bits per heavy atom. The van der Waals surface area contributed by atoms with Crippen molar-refractivity contribution in [3.63, 3.8) is 0 Å². The molecule has 7 nitrogen and oxygen atoms in total. The Morgan fingerprint density at radius 3 is 2.86 bits per heavy atom. The number of pyridine rings is 1. The zero-order valence-electron chi connectivity index (χ0n) is 14.8. The van der Waals surface area contributed by atoms with Crippen molar-refractivity contribution >= 4 is 17.3 Å². The molecule has 0 unspecified atom stereocenters.